The summed E-state index contributed by atoms with van der Waals surface area (Å²) in [6, 6.07) is 0. The first kappa shape index (κ1) is 6.28. The van der Waals surface area contributed by atoms with E-state index in [2.05, 4.69) is 0 Å². The maximum absolute atomic E-state index is 10.5. The second-order valence-corrected chi connectivity index (χ2v) is 3.57. The third kappa shape index (κ3) is 0.951. The van der Waals surface area contributed by atoms with E-state index in [0.29, 0.717) is 4.31 Å². The number of carbonyl (C=O) groups is 1. The molecule has 0 unspecified atom stereocenters. The Labute approximate surface area is 52.8 Å². The molecule has 9 heavy (non-hydrogen) atoms. The van der Waals surface area contributed by atoms with Gasteiger partial charge in [0.1, 0.15) is 0 Å². The largest absolute Gasteiger partial charge is 0.268 e. The Morgan fingerprint density at radius 2 is 2.11 bits per heavy atom. The van der Waals surface area contributed by atoms with Crippen molar-refractivity contribution in [1.29, 1.82) is 0 Å². The topological polar surface area (TPSA) is 54.5 Å². The fraction of sp³-hybridized carbons (Fsp3) is 0.250. The summed E-state index contributed by atoms with van der Waals surface area (Å²) in [5.41, 5.74) is 0. The van der Waals surface area contributed by atoms with Crippen LogP contribution in [0.1, 0.15) is 0 Å². The fourth-order valence-electron chi connectivity index (χ4n) is 0.470. The molecule has 4 nitrogen and oxygen atoms in total. The molecule has 0 saturated heterocycles. The number of nitrogens with zero attached hydrogens (tertiary/aromatic N) is 1. The van der Waals surface area contributed by atoms with Crippen molar-refractivity contribution in [3.05, 3.63) is 12.3 Å². The van der Waals surface area contributed by atoms with Gasteiger partial charge < -0.3 is 0 Å². The summed E-state index contributed by atoms with van der Waals surface area (Å²) in [4.78, 5) is 10.3. The van der Waals surface area contributed by atoms with E-state index in [1.54, 1.807) is 0 Å². The van der Waals surface area contributed by atoms with Crippen LogP contribution < -0.4 is 0 Å². The maximum atomic E-state index is 10.5. The minimum Gasteiger partial charge on any atom is -0.268 e. The van der Waals surface area contributed by atoms with E-state index in [0.717, 1.165) is 6.26 Å². The van der Waals surface area contributed by atoms with Gasteiger partial charge in [-0.15, -0.1) is 0 Å². The highest BCUT2D eigenvalue weighted by Crippen LogP contribution is 2.08. The standard InChI is InChI=1S/C4H5NO3S/c1-9(7,8)5-3-2-4(5)6/h2-3H,1H3. The van der Waals surface area contributed by atoms with Gasteiger partial charge in [-0.25, -0.2) is 12.7 Å². The average Bonchev–Trinajstić information content (AvgIpc) is 1.57. The van der Waals surface area contributed by atoms with Crippen molar-refractivity contribution in [3.63, 3.8) is 0 Å². The Balaban J connectivity index is 2.93. The van der Waals surface area contributed by atoms with Crippen molar-refractivity contribution in [3.8, 4) is 0 Å². The van der Waals surface area contributed by atoms with Gasteiger partial charge in [0.2, 0.25) is 10.0 Å². The number of rotatable bonds is 1. The van der Waals surface area contributed by atoms with Crippen LogP contribution in [0.15, 0.2) is 12.3 Å². The zero-order valence-corrected chi connectivity index (χ0v) is 5.55. The van der Waals surface area contributed by atoms with Crippen LogP contribution in [-0.4, -0.2) is 24.9 Å². The minimum absolute atomic E-state index is 0.475. The lowest BCUT2D eigenvalue weighted by Gasteiger charge is -2.19. The van der Waals surface area contributed by atoms with Crippen molar-refractivity contribution in [2.75, 3.05) is 6.26 Å². The lowest BCUT2D eigenvalue weighted by Crippen LogP contribution is -2.35. The first-order valence-electron chi connectivity index (χ1n) is 2.23. The van der Waals surface area contributed by atoms with E-state index >= 15 is 0 Å². The highest BCUT2D eigenvalue weighted by atomic mass is 32.2. The number of amides is 1. The summed E-state index contributed by atoms with van der Waals surface area (Å²) in [6.45, 7) is 0. The van der Waals surface area contributed by atoms with Crippen LogP contribution in [-0.2, 0) is 14.8 Å². The second kappa shape index (κ2) is 1.57. The van der Waals surface area contributed by atoms with Crippen molar-refractivity contribution in [2.24, 2.45) is 0 Å². The van der Waals surface area contributed by atoms with Gasteiger partial charge in [0, 0.05) is 12.3 Å². The molecule has 0 aromatic heterocycles. The van der Waals surface area contributed by atoms with Crippen LogP contribution in [0.3, 0.4) is 0 Å². The van der Waals surface area contributed by atoms with E-state index in [1.807, 2.05) is 0 Å². The molecule has 0 aromatic carbocycles. The Hall–Kier alpha value is -0.840. The normalized spacial score (nSPS) is 17.9. The molecule has 0 atom stereocenters. The first-order chi connectivity index (χ1) is 4.02. The lowest BCUT2D eigenvalue weighted by atomic mass is 10.4. The van der Waals surface area contributed by atoms with E-state index < -0.39 is 15.9 Å². The number of hydrogen-bond donors (Lipinski definition) is 0. The van der Waals surface area contributed by atoms with E-state index in [-0.39, 0.29) is 0 Å². The highest BCUT2D eigenvalue weighted by Gasteiger charge is 2.24. The van der Waals surface area contributed by atoms with Gasteiger partial charge in [-0.2, -0.15) is 0 Å². The Morgan fingerprint density at radius 1 is 1.56 bits per heavy atom. The lowest BCUT2D eigenvalue weighted by molar-refractivity contribution is -0.122. The zero-order chi connectivity index (χ0) is 7.07. The summed E-state index contributed by atoms with van der Waals surface area (Å²) >= 11 is 0. The molecule has 1 amide bonds. The van der Waals surface area contributed by atoms with Gasteiger partial charge in [0.15, 0.2) is 0 Å². The molecular weight excluding hydrogens is 142 g/mol. The molecular formula is C4H5NO3S. The van der Waals surface area contributed by atoms with Gasteiger partial charge in [-0.1, -0.05) is 0 Å². The summed E-state index contributed by atoms with van der Waals surface area (Å²) < 4.78 is 21.6. The van der Waals surface area contributed by atoms with Crippen LogP contribution in [0.5, 0.6) is 0 Å². The SMILES string of the molecule is CS(=O)(=O)N1C=CC1=O. The molecule has 1 rings (SSSR count). The molecule has 0 aliphatic carbocycles. The predicted octanol–water partition coefficient (Wildman–Crippen LogP) is -0.698. The zero-order valence-electron chi connectivity index (χ0n) is 4.73. The Morgan fingerprint density at radius 3 is 2.11 bits per heavy atom. The van der Waals surface area contributed by atoms with Crippen molar-refractivity contribution in [1.82, 2.24) is 4.31 Å². The van der Waals surface area contributed by atoms with Gasteiger partial charge >= 0.3 is 0 Å². The molecule has 0 radical (unpaired) electrons. The maximum Gasteiger partial charge on any atom is 0.265 e. The molecule has 0 N–H and O–H groups in total. The summed E-state index contributed by atoms with van der Waals surface area (Å²) in [7, 11) is -3.32. The van der Waals surface area contributed by atoms with Crippen molar-refractivity contribution >= 4 is 15.9 Å². The van der Waals surface area contributed by atoms with Gasteiger partial charge in [0.05, 0.1) is 6.26 Å². The number of hydrogen-bond acceptors (Lipinski definition) is 3. The molecule has 1 aliphatic heterocycles. The van der Waals surface area contributed by atoms with Crippen LogP contribution in [0.25, 0.3) is 0 Å². The fourth-order valence-corrected chi connectivity index (χ4v) is 1.14. The quantitative estimate of drug-likeness (QED) is 0.493. The third-order valence-corrected chi connectivity index (χ3v) is 1.94. The molecule has 0 aromatic rings. The molecule has 5 heteroatoms. The van der Waals surface area contributed by atoms with Crippen LogP contribution >= 0.6 is 0 Å². The van der Waals surface area contributed by atoms with Gasteiger partial charge in [0.25, 0.3) is 5.91 Å². The smallest absolute Gasteiger partial charge is 0.265 e. The van der Waals surface area contributed by atoms with Crippen molar-refractivity contribution < 1.29 is 13.2 Å². The van der Waals surface area contributed by atoms with Gasteiger partial charge in [-0.05, 0) is 0 Å². The van der Waals surface area contributed by atoms with E-state index in [1.165, 1.54) is 12.3 Å². The molecule has 0 spiro atoms. The summed E-state index contributed by atoms with van der Waals surface area (Å²) in [5, 5.41) is 0. The summed E-state index contributed by atoms with van der Waals surface area (Å²) in [6.07, 6.45) is 3.40. The molecule has 0 saturated carbocycles. The first-order valence-corrected chi connectivity index (χ1v) is 4.08. The van der Waals surface area contributed by atoms with Crippen LogP contribution in [0, 0.1) is 0 Å². The predicted molar refractivity (Wildman–Crippen MR) is 30.8 cm³/mol. The number of carbonyl (C=O) groups excluding carboxylic acids is 1. The molecule has 0 fully saturated rings. The molecule has 0 bridgehead atoms. The van der Waals surface area contributed by atoms with E-state index in [4.69, 9.17) is 0 Å². The molecule has 1 heterocycles. The van der Waals surface area contributed by atoms with Crippen molar-refractivity contribution in [2.45, 2.75) is 0 Å². The highest BCUT2D eigenvalue weighted by molar-refractivity contribution is 7.89. The van der Waals surface area contributed by atoms with Crippen LogP contribution in [0.2, 0.25) is 0 Å². The van der Waals surface area contributed by atoms with Crippen LogP contribution in [0.4, 0.5) is 0 Å². The Kier molecular flexibility index (Phi) is 1.10. The third-order valence-electron chi connectivity index (χ3n) is 0.927. The van der Waals surface area contributed by atoms with Gasteiger partial charge in [-0.3, -0.25) is 4.79 Å². The summed E-state index contributed by atoms with van der Waals surface area (Å²) in [5.74, 6) is -0.475. The van der Waals surface area contributed by atoms with E-state index in [9.17, 15) is 13.2 Å². The monoisotopic (exact) mass is 147 g/mol. The molecule has 50 valence electrons. The molecule has 1 aliphatic rings. The minimum atomic E-state index is -3.32. The second-order valence-electron chi connectivity index (χ2n) is 1.71. The average molecular weight is 147 g/mol. The number of sulfonamides is 1. The Bertz CT molecular complexity index is 264.